The van der Waals surface area contributed by atoms with Crippen molar-refractivity contribution in [2.75, 3.05) is 17.2 Å². The molecule has 28 heavy (non-hydrogen) atoms. The molecule has 2 aliphatic rings. The highest BCUT2D eigenvalue weighted by Gasteiger charge is 2.34. The van der Waals surface area contributed by atoms with E-state index in [0.717, 1.165) is 24.1 Å². The molecule has 0 atom stereocenters. The normalized spacial score (nSPS) is 17.4. The van der Waals surface area contributed by atoms with Crippen molar-refractivity contribution in [3.05, 3.63) is 57.0 Å². The number of anilines is 2. The minimum absolute atomic E-state index is 0. The number of aromatic amines is 1. The van der Waals surface area contributed by atoms with E-state index >= 15 is 0 Å². The third-order valence-corrected chi connectivity index (χ3v) is 5.48. The molecule has 1 aromatic heterocycles. The summed E-state index contributed by atoms with van der Waals surface area (Å²) in [4.78, 5) is 42.7. The van der Waals surface area contributed by atoms with Crippen LogP contribution in [0.5, 0.6) is 0 Å². The third-order valence-electron chi connectivity index (χ3n) is 5.48. The molecule has 0 radical (unpaired) electrons. The van der Waals surface area contributed by atoms with Crippen LogP contribution in [-0.2, 0) is 12.8 Å². The molecule has 1 amide bonds. The SMILES string of the molecule is CC1(C)CC(=O)c2cc(C(=O)N3CCCc4c(N)cccc43)c(=O)[nH]c2C1.Cl. The summed E-state index contributed by atoms with van der Waals surface area (Å²) in [7, 11) is 0. The summed E-state index contributed by atoms with van der Waals surface area (Å²) >= 11 is 0. The molecule has 2 aromatic rings. The zero-order valence-electron chi connectivity index (χ0n) is 16.0. The number of nitrogen functional groups attached to an aromatic ring is 1. The topological polar surface area (TPSA) is 96.3 Å². The van der Waals surface area contributed by atoms with E-state index in [4.69, 9.17) is 5.73 Å². The second-order valence-corrected chi connectivity index (χ2v) is 8.25. The highest BCUT2D eigenvalue weighted by atomic mass is 35.5. The Balaban J connectivity index is 0.00000225. The van der Waals surface area contributed by atoms with Crippen LogP contribution in [0, 0.1) is 5.41 Å². The van der Waals surface area contributed by atoms with Gasteiger partial charge in [-0.3, -0.25) is 14.4 Å². The number of benzene rings is 1. The van der Waals surface area contributed by atoms with Crippen LogP contribution in [0.25, 0.3) is 0 Å². The smallest absolute Gasteiger partial charge is 0.263 e. The number of hydrogen-bond donors (Lipinski definition) is 2. The van der Waals surface area contributed by atoms with E-state index in [1.54, 1.807) is 4.90 Å². The molecule has 1 aliphatic heterocycles. The van der Waals surface area contributed by atoms with Crippen molar-refractivity contribution < 1.29 is 9.59 Å². The molecule has 6 nitrogen and oxygen atoms in total. The van der Waals surface area contributed by atoms with Crippen LogP contribution in [0.1, 0.15) is 58.7 Å². The highest BCUT2D eigenvalue weighted by molar-refractivity contribution is 6.09. The summed E-state index contributed by atoms with van der Waals surface area (Å²) in [6.45, 7) is 4.52. The average Bonchev–Trinajstić information content (AvgIpc) is 2.59. The number of carbonyl (C=O) groups excluding carboxylic acids is 2. The number of rotatable bonds is 1. The van der Waals surface area contributed by atoms with Gasteiger partial charge in [0, 0.05) is 35.6 Å². The van der Waals surface area contributed by atoms with Gasteiger partial charge in [0.2, 0.25) is 0 Å². The lowest BCUT2D eigenvalue weighted by Crippen LogP contribution is -2.40. The molecule has 1 aliphatic carbocycles. The Morgan fingerprint density at radius 2 is 1.96 bits per heavy atom. The largest absolute Gasteiger partial charge is 0.398 e. The lowest BCUT2D eigenvalue weighted by atomic mass is 9.75. The zero-order valence-corrected chi connectivity index (χ0v) is 16.8. The number of Topliss-reactive ketones (excluding diaryl/α,β-unsaturated/α-hetero) is 1. The van der Waals surface area contributed by atoms with Gasteiger partial charge in [-0.15, -0.1) is 12.4 Å². The number of pyridine rings is 1. The van der Waals surface area contributed by atoms with E-state index in [1.165, 1.54) is 6.07 Å². The fourth-order valence-electron chi connectivity index (χ4n) is 4.19. The summed E-state index contributed by atoms with van der Waals surface area (Å²) in [6, 6.07) is 6.96. The second kappa shape index (κ2) is 7.09. The second-order valence-electron chi connectivity index (χ2n) is 8.25. The van der Waals surface area contributed by atoms with Crippen molar-refractivity contribution in [1.29, 1.82) is 0 Å². The first kappa shape index (κ1) is 20.1. The average molecular weight is 402 g/mol. The lowest BCUT2D eigenvalue weighted by molar-refractivity contribution is 0.0910. The van der Waals surface area contributed by atoms with Crippen LogP contribution in [0.3, 0.4) is 0 Å². The van der Waals surface area contributed by atoms with Crippen LogP contribution in [0.2, 0.25) is 0 Å². The Kier molecular flexibility index (Phi) is 5.10. The summed E-state index contributed by atoms with van der Waals surface area (Å²) in [5.41, 5.74) is 8.85. The first-order valence-corrected chi connectivity index (χ1v) is 9.25. The summed E-state index contributed by atoms with van der Waals surface area (Å²) < 4.78 is 0. The minimum atomic E-state index is -0.444. The fraction of sp³-hybridized carbons (Fsp3) is 0.381. The van der Waals surface area contributed by atoms with Gasteiger partial charge in [0.25, 0.3) is 11.5 Å². The molecular weight excluding hydrogens is 378 g/mol. The monoisotopic (exact) mass is 401 g/mol. The number of amides is 1. The fourth-order valence-corrected chi connectivity index (χ4v) is 4.19. The van der Waals surface area contributed by atoms with Gasteiger partial charge in [-0.1, -0.05) is 19.9 Å². The van der Waals surface area contributed by atoms with E-state index in [-0.39, 0.29) is 35.1 Å². The third kappa shape index (κ3) is 3.33. The Labute approximate surface area is 169 Å². The predicted molar refractivity (Wildman–Crippen MR) is 112 cm³/mol. The van der Waals surface area contributed by atoms with Gasteiger partial charge in [-0.25, -0.2) is 0 Å². The van der Waals surface area contributed by atoms with Crippen LogP contribution in [0.4, 0.5) is 11.4 Å². The molecule has 0 unspecified atom stereocenters. The van der Waals surface area contributed by atoms with E-state index in [1.807, 2.05) is 32.0 Å². The Bertz CT molecular complexity index is 1030. The molecule has 0 saturated heterocycles. The molecule has 2 heterocycles. The van der Waals surface area contributed by atoms with Gasteiger partial charge in [-0.05, 0) is 48.4 Å². The molecule has 0 saturated carbocycles. The van der Waals surface area contributed by atoms with Crippen LogP contribution < -0.4 is 16.2 Å². The number of fused-ring (bicyclic) bond motifs is 2. The Morgan fingerprint density at radius 3 is 2.71 bits per heavy atom. The van der Waals surface area contributed by atoms with Gasteiger partial charge in [-0.2, -0.15) is 0 Å². The molecule has 148 valence electrons. The van der Waals surface area contributed by atoms with Crippen LogP contribution in [-0.4, -0.2) is 23.2 Å². The first-order valence-electron chi connectivity index (χ1n) is 9.25. The minimum Gasteiger partial charge on any atom is -0.398 e. The van der Waals surface area contributed by atoms with E-state index in [9.17, 15) is 14.4 Å². The molecule has 4 rings (SSSR count). The van der Waals surface area contributed by atoms with E-state index in [0.29, 0.717) is 36.3 Å². The van der Waals surface area contributed by atoms with Gasteiger partial charge in [0.15, 0.2) is 5.78 Å². The molecule has 1 aromatic carbocycles. The van der Waals surface area contributed by atoms with Crippen molar-refractivity contribution in [1.82, 2.24) is 4.98 Å². The highest BCUT2D eigenvalue weighted by Crippen LogP contribution is 2.35. The maximum Gasteiger partial charge on any atom is 0.263 e. The number of aromatic nitrogens is 1. The van der Waals surface area contributed by atoms with Crippen molar-refractivity contribution in [3.63, 3.8) is 0 Å². The molecule has 0 fully saturated rings. The van der Waals surface area contributed by atoms with Crippen molar-refractivity contribution in [2.24, 2.45) is 5.41 Å². The maximum atomic E-state index is 13.2. The van der Waals surface area contributed by atoms with Gasteiger partial charge in [0.1, 0.15) is 5.56 Å². The van der Waals surface area contributed by atoms with Gasteiger partial charge < -0.3 is 15.6 Å². The van der Waals surface area contributed by atoms with Gasteiger partial charge in [0.05, 0.1) is 0 Å². The number of nitrogens with one attached hydrogen (secondary N) is 1. The quantitative estimate of drug-likeness (QED) is 0.717. The summed E-state index contributed by atoms with van der Waals surface area (Å²) in [6.07, 6.45) is 2.60. The maximum absolute atomic E-state index is 13.2. The van der Waals surface area contributed by atoms with Crippen LogP contribution in [0.15, 0.2) is 29.1 Å². The lowest BCUT2D eigenvalue weighted by Gasteiger charge is -2.31. The molecular formula is C21H24ClN3O3. The molecule has 3 N–H and O–H groups in total. The number of carbonyl (C=O) groups is 2. The number of hydrogen-bond acceptors (Lipinski definition) is 4. The standard InChI is InChI=1S/C21H23N3O3.ClH/c1-21(2)10-16-13(18(25)11-21)9-14(19(26)23-16)20(27)24-8-4-5-12-15(22)6-3-7-17(12)24;/h3,6-7,9H,4-5,8,10-11,22H2,1-2H3,(H,23,26);1H. The zero-order chi connectivity index (χ0) is 19.3. The van der Waals surface area contributed by atoms with Gasteiger partial charge >= 0.3 is 0 Å². The predicted octanol–water partition coefficient (Wildman–Crippen LogP) is 3.13. The first-order chi connectivity index (χ1) is 12.8. The molecule has 0 bridgehead atoms. The summed E-state index contributed by atoms with van der Waals surface area (Å²) in [5, 5.41) is 0. The van der Waals surface area contributed by atoms with E-state index < -0.39 is 5.56 Å². The Morgan fingerprint density at radius 1 is 1.21 bits per heavy atom. The van der Waals surface area contributed by atoms with Crippen molar-refractivity contribution >= 4 is 35.5 Å². The number of H-pyrrole nitrogens is 1. The number of nitrogens with two attached hydrogens (primary N) is 1. The van der Waals surface area contributed by atoms with Crippen LogP contribution >= 0.6 is 12.4 Å². The Hall–Kier alpha value is -2.60. The molecule has 7 heteroatoms. The number of halogens is 1. The van der Waals surface area contributed by atoms with Crippen molar-refractivity contribution in [3.8, 4) is 0 Å². The summed E-state index contributed by atoms with van der Waals surface area (Å²) in [5.74, 6) is -0.418. The number of ketones is 1. The number of nitrogens with zero attached hydrogens (tertiary/aromatic N) is 1. The van der Waals surface area contributed by atoms with E-state index in [2.05, 4.69) is 4.98 Å². The molecule has 0 spiro atoms. The van der Waals surface area contributed by atoms with Crippen molar-refractivity contribution in [2.45, 2.75) is 39.5 Å².